The summed E-state index contributed by atoms with van der Waals surface area (Å²) in [5, 5.41) is 11.7. The number of amidine groups is 1. The third-order valence-electron chi connectivity index (χ3n) is 4.84. The van der Waals surface area contributed by atoms with Crippen LogP contribution in [-0.2, 0) is 10.0 Å². The van der Waals surface area contributed by atoms with Crippen molar-refractivity contribution in [2.45, 2.75) is 75.5 Å². The fourth-order valence-electron chi connectivity index (χ4n) is 3.58. The quantitative estimate of drug-likeness (QED) is 0.312. The standard InChI is InChI=1S/C14H27N3O3S/c15-14(16-18)13(11-7-3-1-4-8-11)17-21(19,20)12-9-5-2-6-10-12/h11-13,17-18H,1-10H2,(H2,15,16). The molecule has 122 valence electrons. The van der Waals surface area contributed by atoms with Crippen molar-refractivity contribution >= 4 is 15.9 Å². The van der Waals surface area contributed by atoms with Gasteiger partial charge in [-0.25, -0.2) is 13.1 Å². The zero-order valence-corrected chi connectivity index (χ0v) is 13.3. The van der Waals surface area contributed by atoms with Crippen LogP contribution in [0.25, 0.3) is 0 Å². The minimum atomic E-state index is -3.41. The molecule has 0 aromatic rings. The van der Waals surface area contributed by atoms with E-state index in [-0.39, 0.29) is 17.0 Å². The Balaban J connectivity index is 2.09. The monoisotopic (exact) mass is 317 g/mol. The first-order valence-corrected chi connectivity index (χ1v) is 9.58. The molecule has 0 aliphatic heterocycles. The second-order valence-electron chi connectivity index (χ2n) is 6.32. The molecule has 1 atom stereocenters. The largest absolute Gasteiger partial charge is 0.409 e. The molecule has 2 aliphatic rings. The average molecular weight is 317 g/mol. The van der Waals surface area contributed by atoms with Crippen LogP contribution in [-0.4, -0.2) is 30.8 Å². The summed E-state index contributed by atoms with van der Waals surface area (Å²) in [5.41, 5.74) is 5.76. The molecule has 0 bridgehead atoms. The fourth-order valence-corrected chi connectivity index (χ4v) is 5.39. The molecule has 2 rings (SSSR count). The minimum Gasteiger partial charge on any atom is -0.409 e. The fraction of sp³-hybridized carbons (Fsp3) is 0.929. The van der Waals surface area contributed by atoms with Crippen LogP contribution in [0.5, 0.6) is 0 Å². The first-order chi connectivity index (χ1) is 10.0. The van der Waals surface area contributed by atoms with Crippen molar-refractivity contribution in [1.29, 1.82) is 0 Å². The highest BCUT2D eigenvalue weighted by atomic mass is 32.2. The van der Waals surface area contributed by atoms with Crippen molar-refractivity contribution < 1.29 is 13.6 Å². The zero-order chi connectivity index (χ0) is 15.3. The van der Waals surface area contributed by atoms with Gasteiger partial charge in [-0.3, -0.25) is 0 Å². The van der Waals surface area contributed by atoms with E-state index in [1.54, 1.807) is 0 Å². The van der Waals surface area contributed by atoms with Crippen molar-refractivity contribution in [3.05, 3.63) is 0 Å². The molecule has 0 spiro atoms. The molecule has 2 saturated carbocycles. The lowest BCUT2D eigenvalue weighted by atomic mass is 9.84. The highest BCUT2D eigenvalue weighted by molar-refractivity contribution is 7.90. The van der Waals surface area contributed by atoms with Crippen LogP contribution in [0, 0.1) is 5.92 Å². The molecule has 0 amide bonds. The van der Waals surface area contributed by atoms with Gasteiger partial charge in [0.05, 0.1) is 11.3 Å². The second-order valence-corrected chi connectivity index (χ2v) is 8.32. The summed E-state index contributed by atoms with van der Waals surface area (Å²) in [6, 6.07) is -0.567. The summed E-state index contributed by atoms with van der Waals surface area (Å²) < 4.78 is 27.9. The van der Waals surface area contributed by atoms with Gasteiger partial charge in [-0.05, 0) is 31.6 Å². The number of hydrogen-bond donors (Lipinski definition) is 3. The van der Waals surface area contributed by atoms with E-state index in [9.17, 15) is 8.42 Å². The first kappa shape index (κ1) is 16.5. The van der Waals surface area contributed by atoms with Gasteiger partial charge in [-0.2, -0.15) is 0 Å². The summed E-state index contributed by atoms with van der Waals surface area (Å²) in [7, 11) is -3.41. The van der Waals surface area contributed by atoms with Gasteiger partial charge in [-0.15, -0.1) is 0 Å². The number of sulfonamides is 1. The molecule has 0 saturated heterocycles. The molecule has 0 aromatic heterocycles. The number of nitrogens with one attached hydrogen (secondary N) is 1. The molecule has 21 heavy (non-hydrogen) atoms. The molecule has 1 unspecified atom stereocenters. The van der Waals surface area contributed by atoms with E-state index < -0.39 is 16.1 Å². The van der Waals surface area contributed by atoms with Gasteiger partial charge < -0.3 is 10.9 Å². The maximum Gasteiger partial charge on any atom is 0.215 e. The molecule has 6 nitrogen and oxygen atoms in total. The Bertz CT molecular complexity index is 452. The number of oxime groups is 1. The Morgan fingerprint density at radius 1 is 1.05 bits per heavy atom. The third-order valence-corrected chi connectivity index (χ3v) is 6.77. The maximum absolute atomic E-state index is 12.6. The van der Waals surface area contributed by atoms with E-state index in [4.69, 9.17) is 10.9 Å². The normalized spacial score (nSPS) is 24.9. The molecule has 0 radical (unpaired) electrons. The van der Waals surface area contributed by atoms with Crippen LogP contribution in [0.2, 0.25) is 0 Å². The molecule has 0 aromatic carbocycles. The van der Waals surface area contributed by atoms with Gasteiger partial charge in [0.2, 0.25) is 10.0 Å². The molecular weight excluding hydrogens is 290 g/mol. The average Bonchev–Trinajstić information content (AvgIpc) is 2.53. The zero-order valence-electron chi connectivity index (χ0n) is 12.5. The Hall–Kier alpha value is -0.820. The number of nitrogens with zero attached hydrogens (tertiary/aromatic N) is 1. The Kier molecular flexibility index (Phi) is 5.87. The molecule has 0 heterocycles. The molecule has 2 fully saturated rings. The SMILES string of the molecule is N/C(=N\O)C(NS(=O)(=O)C1CCCCC1)C1CCCCC1. The summed E-state index contributed by atoms with van der Waals surface area (Å²) in [6.07, 6.45) is 9.63. The third kappa shape index (κ3) is 4.32. The number of hydrogen-bond acceptors (Lipinski definition) is 4. The molecule has 7 heteroatoms. The smallest absolute Gasteiger partial charge is 0.215 e. The van der Waals surface area contributed by atoms with Crippen LogP contribution in [0.4, 0.5) is 0 Å². The Morgan fingerprint density at radius 3 is 2.10 bits per heavy atom. The number of nitrogens with two attached hydrogens (primary N) is 1. The van der Waals surface area contributed by atoms with E-state index in [1.165, 1.54) is 6.42 Å². The van der Waals surface area contributed by atoms with Crippen molar-refractivity contribution in [3.8, 4) is 0 Å². The highest BCUT2D eigenvalue weighted by Crippen LogP contribution is 2.29. The van der Waals surface area contributed by atoms with E-state index in [0.717, 1.165) is 44.9 Å². The van der Waals surface area contributed by atoms with E-state index in [2.05, 4.69) is 9.88 Å². The Morgan fingerprint density at radius 2 is 1.57 bits per heavy atom. The van der Waals surface area contributed by atoms with E-state index in [0.29, 0.717) is 12.8 Å². The van der Waals surface area contributed by atoms with Gasteiger partial charge in [0.15, 0.2) is 5.84 Å². The van der Waals surface area contributed by atoms with Crippen molar-refractivity contribution in [2.75, 3.05) is 0 Å². The molecule has 2 aliphatic carbocycles. The van der Waals surface area contributed by atoms with Crippen molar-refractivity contribution in [2.24, 2.45) is 16.8 Å². The first-order valence-electron chi connectivity index (χ1n) is 8.03. The topological polar surface area (TPSA) is 105 Å². The van der Waals surface area contributed by atoms with Gasteiger partial charge in [0.1, 0.15) is 0 Å². The lowest BCUT2D eigenvalue weighted by Gasteiger charge is -2.31. The predicted molar refractivity (Wildman–Crippen MR) is 82.7 cm³/mol. The molecular formula is C14H27N3O3S. The number of rotatable bonds is 5. The molecule has 4 N–H and O–H groups in total. The lowest BCUT2D eigenvalue weighted by Crippen LogP contribution is -2.52. The highest BCUT2D eigenvalue weighted by Gasteiger charge is 2.34. The van der Waals surface area contributed by atoms with Crippen LogP contribution >= 0.6 is 0 Å². The van der Waals surface area contributed by atoms with Crippen molar-refractivity contribution in [1.82, 2.24) is 4.72 Å². The van der Waals surface area contributed by atoms with E-state index >= 15 is 0 Å². The summed E-state index contributed by atoms with van der Waals surface area (Å²) in [5.74, 6) is 0.120. The Labute approximate surface area is 127 Å². The second kappa shape index (κ2) is 7.45. The van der Waals surface area contributed by atoms with Crippen LogP contribution in [0.3, 0.4) is 0 Å². The summed E-state index contributed by atoms with van der Waals surface area (Å²) >= 11 is 0. The van der Waals surface area contributed by atoms with Crippen LogP contribution in [0.1, 0.15) is 64.2 Å². The lowest BCUT2D eigenvalue weighted by molar-refractivity contribution is 0.297. The van der Waals surface area contributed by atoms with Crippen molar-refractivity contribution in [3.63, 3.8) is 0 Å². The summed E-state index contributed by atoms with van der Waals surface area (Å²) in [4.78, 5) is 0. The van der Waals surface area contributed by atoms with Gasteiger partial charge in [-0.1, -0.05) is 43.7 Å². The predicted octanol–water partition coefficient (Wildman–Crippen LogP) is 1.93. The minimum absolute atomic E-state index is 0.0127. The van der Waals surface area contributed by atoms with Crippen LogP contribution < -0.4 is 10.5 Å². The maximum atomic E-state index is 12.6. The van der Waals surface area contributed by atoms with Gasteiger partial charge in [0.25, 0.3) is 0 Å². The van der Waals surface area contributed by atoms with Gasteiger partial charge in [0, 0.05) is 0 Å². The van der Waals surface area contributed by atoms with Gasteiger partial charge >= 0.3 is 0 Å². The van der Waals surface area contributed by atoms with E-state index in [1.807, 2.05) is 0 Å². The van der Waals surface area contributed by atoms with Crippen LogP contribution in [0.15, 0.2) is 5.16 Å². The summed E-state index contributed by atoms with van der Waals surface area (Å²) in [6.45, 7) is 0.